The molecule has 0 saturated carbocycles. The molecule has 1 atom stereocenters. The minimum Gasteiger partial charge on any atom is -0.317 e. The molecule has 0 aliphatic rings. The van der Waals surface area contributed by atoms with Crippen molar-refractivity contribution in [2.24, 2.45) is 5.92 Å². The van der Waals surface area contributed by atoms with Crippen molar-refractivity contribution >= 4 is 0 Å². The summed E-state index contributed by atoms with van der Waals surface area (Å²) in [4.78, 5) is 0. The van der Waals surface area contributed by atoms with E-state index in [0.29, 0.717) is 5.92 Å². The van der Waals surface area contributed by atoms with Crippen LogP contribution >= 0.6 is 0 Å². The molecule has 3 heteroatoms. The highest BCUT2D eigenvalue weighted by Crippen LogP contribution is 2.18. The van der Waals surface area contributed by atoms with E-state index in [-0.39, 0.29) is 0 Å². The fraction of sp³-hybridized carbons (Fsp3) is 0.800. The molecule has 1 heterocycles. The molecular formula is C15H29N3. The first-order chi connectivity index (χ1) is 8.60. The molecule has 1 rings (SSSR count). The molecule has 0 saturated heterocycles. The van der Waals surface area contributed by atoms with Gasteiger partial charge in [-0.1, -0.05) is 27.2 Å². The van der Waals surface area contributed by atoms with Gasteiger partial charge in [0.15, 0.2) is 0 Å². The van der Waals surface area contributed by atoms with Crippen LogP contribution in [0.3, 0.4) is 0 Å². The van der Waals surface area contributed by atoms with Gasteiger partial charge in [-0.25, -0.2) is 0 Å². The van der Waals surface area contributed by atoms with Crippen molar-refractivity contribution < 1.29 is 0 Å². The normalized spacial score (nSPS) is 12.9. The minimum absolute atomic E-state index is 0.672. The smallest absolute Gasteiger partial charge is 0.0628 e. The second-order valence-corrected chi connectivity index (χ2v) is 5.34. The Hall–Kier alpha value is -0.830. The monoisotopic (exact) mass is 251 g/mol. The van der Waals surface area contributed by atoms with Crippen LogP contribution in [0.5, 0.6) is 0 Å². The van der Waals surface area contributed by atoms with Crippen molar-refractivity contribution in [2.45, 2.75) is 60.4 Å². The van der Waals surface area contributed by atoms with Gasteiger partial charge < -0.3 is 5.32 Å². The van der Waals surface area contributed by atoms with Crippen LogP contribution in [0.4, 0.5) is 0 Å². The zero-order valence-corrected chi connectivity index (χ0v) is 12.7. The molecule has 0 aliphatic carbocycles. The van der Waals surface area contributed by atoms with Crippen molar-refractivity contribution in [3.63, 3.8) is 0 Å². The van der Waals surface area contributed by atoms with Gasteiger partial charge in [-0.05, 0) is 51.3 Å². The van der Waals surface area contributed by atoms with Crippen LogP contribution in [-0.2, 0) is 13.0 Å². The van der Waals surface area contributed by atoms with E-state index in [2.05, 4.69) is 49.7 Å². The van der Waals surface area contributed by atoms with Crippen molar-refractivity contribution in [3.8, 4) is 0 Å². The summed E-state index contributed by atoms with van der Waals surface area (Å²) >= 11 is 0. The Kier molecular flexibility index (Phi) is 6.41. The van der Waals surface area contributed by atoms with Crippen LogP contribution < -0.4 is 5.32 Å². The molecule has 0 radical (unpaired) electrons. The average molecular weight is 251 g/mol. The lowest BCUT2D eigenvalue weighted by molar-refractivity contribution is 0.517. The van der Waals surface area contributed by atoms with Crippen LogP contribution in [0.25, 0.3) is 0 Å². The molecule has 1 aromatic rings. The van der Waals surface area contributed by atoms with Gasteiger partial charge in [0.25, 0.3) is 0 Å². The van der Waals surface area contributed by atoms with E-state index >= 15 is 0 Å². The quantitative estimate of drug-likeness (QED) is 0.769. The largest absolute Gasteiger partial charge is 0.317 e. The van der Waals surface area contributed by atoms with Gasteiger partial charge in [-0.3, -0.25) is 4.68 Å². The summed E-state index contributed by atoms with van der Waals surface area (Å²) in [6.07, 6.45) is 3.58. The number of nitrogens with one attached hydrogen (secondary N) is 1. The molecule has 0 aromatic carbocycles. The summed E-state index contributed by atoms with van der Waals surface area (Å²) in [6.45, 7) is 14.3. The Morgan fingerprint density at radius 2 is 2.00 bits per heavy atom. The predicted molar refractivity (Wildman–Crippen MR) is 78.0 cm³/mol. The van der Waals surface area contributed by atoms with Gasteiger partial charge in [0.05, 0.1) is 5.69 Å². The fourth-order valence-corrected chi connectivity index (χ4v) is 2.37. The fourth-order valence-electron chi connectivity index (χ4n) is 2.37. The third-order valence-corrected chi connectivity index (χ3v) is 3.55. The summed E-state index contributed by atoms with van der Waals surface area (Å²) in [5, 5.41) is 8.10. The molecule has 104 valence electrons. The van der Waals surface area contributed by atoms with Crippen molar-refractivity contribution in [1.29, 1.82) is 0 Å². The molecule has 1 unspecified atom stereocenters. The first-order valence-corrected chi connectivity index (χ1v) is 7.33. The zero-order valence-electron chi connectivity index (χ0n) is 12.7. The van der Waals surface area contributed by atoms with Crippen LogP contribution in [0.1, 0.15) is 50.6 Å². The van der Waals surface area contributed by atoms with Gasteiger partial charge in [0.1, 0.15) is 0 Å². The molecule has 3 nitrogen and oxygen atoms in total. The van der Waals surface area contributed by atoms with Gasteiger partial charge in [-0.2, -0.15) is 5.10 Å². The second kappa shape index (κ2) is 7.57. The van der Waals surface area contributed by atoms with E-state index < -0.39 is 0 Å². The maximum atomic E-state index is 4.68. The van der Waals surface area contributed by atoms with E-state index in [9.17, 15) is 0 Å². The number of aromatic nitrogens is 2. The van der Waals surface area contributed by atoms with Crippen LogP contribution in [0, 0.1) is 19.8 Å². The predicted octanol–water partition coefficient (Wildman–Crippen LogP) is 3.09. The topological polar surface area (TPSA) is 29.9 Å². The van der Waals surface area contributed by atoms with E-state index in [1.807, 2.05) is 0 Å². The van der Waals surface area contributed by atoms with Gasteiger partial charge in [0.2, 0.25) is 0 Å². The Bertz CT molecular complexity index is 355. The number of unbranched alkanes of at least 4 members (excludes halogenated alkanes) is 1. The molecule has 0 aliphatic heterocycles. The Morgan fingerprint density at radius 3 is 2.61 bits per heavy atom. The molecule has 0 bridgehead atoms. The number of rotatable bonds is 8. The molecule has 18 heavy (non-hydrogen) atoms. The summed E-state index contributed by atoms with van der Waals surface area (Å²) in [7, 11) is 0. The molecule has 0 fully saturated rings. The van der Waals surface area contributed by atoms with Crippen molar-refractivity contribution in [1.82, 2.24) is 15.1 Å². The molecule has 1 aromatic heterocycles. The van der Waals surface area contributed by atoms with E-state index in [1.165, 1.54) is 29.8 Å². The van der Waals surface area contributed by atoms with Crippen molar-refractivity contribution in [3.05, 3.63) is 17.0 Å². The van der Waals surface area contributed by atoms with Crippen LogP contribution in [0.2, 0.25) is 0 Å². The summed E-state index contributed by atoms with van der Waals surface area (Å²) in [5.41, 5.74) is 4.03. The van der Waals surface area contributed by atoms with E-state index in [4.69, 9.17) is 0 Å². The molecule has 0 amide bonds. The minimum atomic E-state index is 0.672. The Morgan fingerprint density at radius 1 is 1.28 bits per heavy atom. The summed E-state index contributed by atoms with van der Waals surface area (Å²) in [5.74, 6) is 0.672. The first-order valence-electron chi connectivity index (χ1n) is 7.33. The third-order valence-electron chi connectivity index (χ3n) is 3.55. The standard InChI is InChI=1S/C15H29N3/c1-6-8-9-18-14(5)15(13(4)17-18)10-12(3)11-16-7-2/h12,16H,6-11H2,1-5H3. The van der Waals surface area contributed by atoms with E-state index in [0.717, 1.165) is 26.1 Å². The van der Waals surface area contributed by atoms with Gasteiger partial charge in [0, 0.05) is 12.2 Å². The molecule has 0 spiro atoms. The lowest BCUT2D eigenvalue weighted by Crippen LogP contribution is -2.22. The van der Waals surface area contributed by atoms with Crippen LogP contribution in [-0.4, -0.2) is 22.9 Å². The first kappa shape index (κ1) is 15.2. The number of hydrogen-bond donors (Lipinski definition) is 1. The zero-order chi connectivity index (χ0) is 13.5. The SMILES string of the molecule is CCCCn1nc(C)c(CC(C)CNCC)c1C. The number of aryl methyl sites for hydroxylation is 2. The number of nitrogens with zero attached hydrogens (tertiary/aromatic N) is 2. The summed E-state index contributed by atoms with van der Waals surface area (Å²) < 4.78 is 2.19. The maximum absolute atomic E-state index is 4.68. The highest BCUT2D eigenvalue weighted by atomic mass is 15.3. The van der Waals surface area contributed by atoms with Gasteiger partial charge in [-0.15, -0.1) is 0 Å². The summed E-state index contributed by atoms with van der Waals surface area (Å²) in [6, 6.07) is 0. The van der Waals surface area contributed by atoms with Crippen molar-refractivity contribution in [2.75, 3.05) is 13.1 Å². The lowest BCUT2D eigenvalue weighted by Gasteiger charge is -2.12. The van der Waals surface area contributed by atoms with Crippen LogP contribution in [0.15, 0.2) is 0 Å². The average Bonchev–Trinajstić information content (AvgIpc) is 2.61. The molecular weight excluding hydrogens is 222 g/mol. The lowest BCUT2D eigenvalue weighted by atomic mass is 9.99. The van der Waals surface area contributed by atoms with E-state index in [1.54, 1.807) is 0 Å². The highest BCUT2D eigenvalue weighted by Gasteiger charge is 2.13. The van der Waals surface area contributed by atoms with Gasteiger partial charge >= 0.3 is 0 Å². The Labute approximate surface area is 112 Å². The number of hydrogen-bond acceptors (Lipinski definition) is 2. The second-order valence-electron chi connectivity index (χ2n) is 5.34. The third kappa shape index (κ3) is 4.13. The molecule has 1 N–H and O–H groups in total. The highest BCUT2D eigenvalue weighted by molar-refractivity contribution is 5.25. The maximum Gasteiger partial charge on any atom is 0.0628 e. The Balaban J connectivity index is 2.67.